The Balaban J connectivity index is 3.04. The van der Waals surface area contributed by atoms with Gasteiger partial charge in [0, 0.05) is 13.1 Å². The van der Waals surface area contributed by atoms with E-state index in [0.717, 1.165) is 0 Å². The molecule has 0 unspecified atom stereocenters. The van der Waals surface area contributed by atoms with E-state index in [1.165, 1.54) is 6.07 Å². The van der Waals surface area contributed by atoms with Crippen molar-refractivity contribution in [2.45, 2.75) is 20.3 Å². The highest BCUT2D eigenvalue weighted by atomic mass is 35.5. The predicted molar refractivity (Wildman–Crippen MR) is 73.5 cm³/mol. The van der Waals surface area contributed by atoms with Gasteiger partial charge in [-0.2, -0.15) is 5.26 Å². The second-order valence-corrected chi connectivity index (χ2v) is 4.96. The molecule has 0 fully saturated rings. The summed E-state index contributed by atoms with van der Waals surface area (Å²) in [6.07, 6.45) is 0.361. The van der Waals surface area contributed by atoms with E-state index in [9.17, 15) is 4.79 Å². The number of nitriles is 1. The summed E-state index contributed by atoms with van der Waals surface area (Å²) in [6.45, 7) is 5.32. The number of rotatable bonds is 6. The second-order valence-electron chi connectivity index (χ2n) is 4.55. The van der Waals surface area contributed by atoms with E-state index in [2.05, 4.69) is 11.1 Å². The molecule has 1 rings (SSSR count). The maximum absolute atomic E-state index is 11.0. The van der Waals surface area contributed by atoms with E-state index in [4.69, 9.17) is 22.0 Å². The number of pyridine rings is 1. The highest BCUT2D eigenvalue weighted by Gasteiger charge is 2.15. The van der Waals surface area contributed by atoms with E-state index >= 15 is 0 Å². The molecule has 0 amide bonds. The molecule has 1 aromatic rings. The van der Waals surface area contributed by atoms with Crippen molar-refractivity contribution >= 4 is 23.4 Å². The van der Waals surface area contributed by atoms with Gasteiger partial charge < -0.3 is 10.0 Å². The normalized spacial score (nSPS) is 10.3. The van der Waals surface area contributed by atoms with E-state index < -0.39 is 5.97 Å². The summed E-state index contributed by atoms with van der Waals surface area (Å²) >= 11 is 5.79. The minimum Gasteiger partial charge on any atom is -0.476 e. The summed E-state index contributed by atoms with van der Waals surface area (Å²) in [5, 5.41) is 17.8. The van der Waals surface area contributed by atoms with Gasteiger partial charge in [-0.25, -0.2) is 9.78 Å². The molecule has 0 spiro atoms. The first kappa shape index (κ1) is 15.3. The Morgan fingerprint density at radius 2 is 2.26 bits per heavy atom. The number of hydrogen-bond acceptors (Lipinski definition) is 4. The Morgan fingerprint density at radius 3 is 2.79 bits per heavy atom. The molecule has 0 aliphatic rings. The highest BCUT2D eigenvalue weighted by Crippen LogP contribution is 2.20. The third-order valence-corrected chi connectivity index (χ3v) is 2.74. The fourth-order valence-electron chi connectivity index (χ4n) is 1.68. The molecule has 0 atom stereocenters. The molecular weight excluding hydrogens is 266 g/mol. The molecule has 0 bridgehead atoms. The molecule has 5 nitrogen and oxygen atoms in total. The summed E-state index contributed by atoms with van der Waals surface area (Å²) in [7, 11) is 0. The molecule has 0 saturated carbocycles. The maximum Gasteiger partial charge on any atom is 0.356 e. The van der Waals surface area contributed by atoms with Gasteiger partial charge in [-0.15, -0.1) is 0 Å². The summed E-state index contributed by atoms with van der Waals surface area (Å²) in [5.74, 6) is -0.244. The van der Waals surface area contributed by atoms with Gasteiger partial charge in [0.05, 0.1) is 17.5 Å². The van der Waals surface area contributed by atoms with Crippen LogP contribution in [0, 0.1) is 17.2 Å². The van der Waals surface area contributed by atoms with Crippen LogP contribution in [-0.2, 0) is 0 Å². The van der Waals surface area contributed by atoms with Gasteiger partial charge in [-0.05, 0) is 18.1 Å². The summed E-state index contributed by atoms with van der Waals surface area (Å²) < 4.78 is 0. The van der Waals surface area contributed by atoms with Crippen LogP contribution >= 0.6 is 11.6 Å². The van der Waals surface area contributed by atoms with Gasteiger partial charge in [0.2, 0.25) is 0 Å². The van der Waals surface area contributed by atoms with Crippen LogP contribution in [0.3, 0.4) is 0 Å². The van der Waals surface area contributed by atoms with Crippen molar-refractivity contribution in [3.8, 4) is 6.07 Å². The summed E-state index contributed by atoms with van der Waals surface area (Å²) in [4.78, 5) is 17.0. The Morgan fingerprint density at radius 1 is 1.58 bits per heavy atom. The van der Waals surface area contributed by atoms with Gasteiger partial charge in [0.25, 0.3) is 0 Å². The van der Waals surface area contributed by atoms with Crippen molar-refractivity contribution in [1.29, 1.82) is 5.26 Å². The van der Waals surface area contributed by atoms with Crippen molar-refractivity contribution in [3.63, 3.8) is 0 Å². The van der Waals surface area contributed by atoms with Crippen molar-refractivity contribution in [2.75, 3.05) is 18.0 Å². The van der Waals surface area contributed by atoms with E-state index in [-0.39, 0.29) is 10.7 Å². The zero-order valence-electron chi connectivity index (χ0n) is 10.9. The number of halogens is 1. The average molecular weight is 282 g/mol. The molecule has 1 aromatic heterocycles. The standard InChI is InChI=1S/C13H16ClN3O2/c1-9(2)8-17(7-3-6-15)11-5-4-10(14)12(16-11)13(18)19/h4-5,9H,3,7-8H2,1-2H3,(H,18,19). The fraction of sp³-hybridized carbons (Fsp3) is 0.462. The van der Waals surface area contributed by atoms with Crippen LogP contribution in [0.25, 0.3) is 0 Å². The minimum atomic E-state index is -1.16. The molecule has 1 N–H and O–H groups in total. The summed E-state index contributed by atoms with van der Waals surface area (Å²) in [6, 6.07) is 5.27. The first-order chi connectivity index (χ1) is 8.95. The van der Waals surface area contributed by atoms with Crippen LogP contribution in [-0.4, -0.2) is 29.1 Å². The zero-order chi connectivity index (χ0) is 14.4. The first-order valence-electron chi connectivity index (χ1n) is 5.97. The van der Waals surface area contributed by atoms with Gasteiger partial charge in [0.1, 0.15) is 5.82 Å². The van der Waals surface area contributed by atoms with Gasteiger partial charge in [-0.3, -0.25) is 0 Å². The third kappa shape index (κ3) is 4.42. The van der Waals surface area contributed by atoms with E-state index in [1.807, 2.05) is 18.7 Å². The van der Waals surface area contributed by atoms with Crippen LogP contribution < -0.4 is 4.90 Å². The van der Waals surface area contributed by atoms with Crippen LogP contribution in [0.4, 0.5) is 5.82 Å². The SMILES string of the molecule is CC(C)CN(CCC#N)c1ccc(Cl)c(C(=O)O)n1. The third-order valence-electron chi connectivity index (χ3n) is 2.44. The van der Waals surface area contributed by atoms with E-state index in [1.54, 1.807) is 6.07 Å². The summed E-state index contributed by atoms with van der Waals surface area (Å²) in [5.41, 5.74) is -0.162. The molecular formula is C13H16ClN3O2. The zero-order valence-corrected chi connectivity index (χ0v) is 11.7. The van der Waals surface area contributed by atoms with Crippen molar-refractivity contribution in [2.24, 2.45) is 5.92 Å². The maximum atomic E-state index is 11.0. The molecule has 0 saturated heterocycles. The minimum absolute atomic E-state index is 0.112. The lowest BCUT2D eigenvalue weighted by Gasteiger charge is -2.25. The quantitative estimate of drug-likeness (QED) is 0.867. The lowest BCUT2D eigenvalue weighted by atomic mass is 10.2. The monoisotopic (exact) mass is 281 g/mol. The van der Waals surface area contributed by atoms with Crippen LogP contribution in [0.1, 0.15) is 30.8 Å². The fourth-order valence-corrected chi connectivity index (χ4v) is 1.87. The molecule has 0 aliphatic carbocycles. The number of hydrogen-bond donors (Lipinski definition) is 1. The van der Waals surface area contributed by atoms with Crippen molar-refractivity contribution in [3.05, 3.63) is 22.8 Å². The average Bonchev–Trinajstić information content (AvgIpc) is 2.34. The van der Waals surface area contributed by atoms with E-state index in [0.29, 0.717) is 31.2 Å². The van der Waals surface area contributed by atoms with Gasteiger partial charge >= 0.3 is 5.97 Å². The molecule has 19 heavy (non-hydrogen) atoms. The van der Waals surface area contributed by atoms with Crippen LogP contribution in [0.2, 0.25) is 5.02 Å². The largest absolute Gasteiger partial charge is 0.476 e. The smallest absolute Gasteiger partial charge is 0.356 e. The number of aromatic nitrogens is 1. The Hall–Kier alpha value is -1.80. The first-order valence-corrected chi connectivity index (χ1v) is 6.35. The lowest BCUT2D eigenvalue weighted by molar-refractivity contribution is 0.0691. The van der Waals surface area contributed by atoms with Gasteiger partial charge in [-0.1, -0.05) is 25.4 Å². The molecule has 0 radical (unpaired) electrons. The molecule has 102 valence electrons. The van der Waals surface area contributed by atoms with Gasteiger partial charge in [0.15, 0.2) is 5.69 Å². The Kier molecular flexibility index (Phi) is 5.58. The molecule has 0 aromatic carbocycles. The molecule has 6 heteroatoms. The second kappa shape index (κ2) is 6.95. The number of nitrogens with zero attached hydrogens (tertiary/aromatic N) is 3. The molecule has 0 aliphatic heterocycles. The number of aromatic carboxylic acids is 1. The van der Waals surface area contributed by atoms with Crippen molar-refractivity contribution < 1.29 is 9.90 Å². The van der Waals surface area contributed by atoms with Crippen LogP contribution in [0.5, 0.6) is 0 Å². The van der Waals surface area contributed by atoms with Crippen LogP contribution in [0.15, 0.2) is 12.1 Å². The predicted octanol–water partition coefficient (Wildman–Crippen LogP) is 2.81. The Bertz CT molecular complexity index is 497. The lowest BCUT2D eigenvalue weighted by Crippen LogP contribution is -2.29. The number of anilines is 1. The topological polar surface area (TPSA) is 77.2 Å². The number of carboxylic acids is 1. The Labute approximate surface area is 117 Å². The highest BCUT2D eigenvalue weighted by molar-refractivity contribution is 6.33. The number of carboxylic acid groups (broad SMARTS) is 1. The molecule has 1 heterocycles. The number of carbonyl (C=O) groups is 1. The van der Waals surface area contributed by atoms with Crippen molar-refractivity contribution in [1.82, 2.24) is 4.98 Å².